The van der Waals surface area contributed by atoms with Crippen molar-refractivity contribution in [1.82, 2.24) is 0 Å². The Hall–Kier alpha value is -1.44. The maximum atomic E-state index is 12.6. The zero-order valence-corrected chi connectivity index (χ0v) is 11.6. The summed E-state index contributed by atoms with van der Waals surface area (Å²) in [6, 6.07) is 6.53. The SMILES string of the molecule is CC1(OC(C(F)(F)F)C(F)(F)F)CCCc2ccccc2O1. The molecule has 0 aromatic heterocycles. The average molecular weight is 328 g/mol. The van der Waals surface area contributed by atoms with Crippen LogP contribution in [-0.4, -0.2) is 24.2 Å². The van der Waals surface area contributed by atoms with Crippen LogP contribution in [0.2, 0.25) is 0 Å². The van der Waals surface area contributed by atoms with E-state index >= 15 is 0 Å². The molecule has 1 aromatic rings. The van der Waals surface area contributed by atoms with E-state index < -0.39 is 24.2 Å². The largest absolute Gasteiger partial charge is 0.462 e. The van der Waals surface area contributed by atoms with Gasteiger partial charge in [-0.2, -0.15) is 26.3 Å². The molecule has 0 aliphatic carbocycles. The van der Waals surface area contributed by atoms with E-state index in [9.17, 15) is 26.3 Å². The van der Waals surface area contributed by atoms with Crippen LogP contribution in [0.15, 0.2) is 24.3 Å². The summed E-state index contributed by atoms with van der Waals surface area (Å²) in [6.07, 6.45) is -14.2. The van der Waals surface area contributed by atoms with Crippen LogP contribution in [0, 0.1) is 0 Å². The molecule has 2 nitrogen and oxygen atoms in total. The molecule has 1 atom stereocenters. The topological polar surface area (TPSA) is 18.5 Å². The first-order chi connectivity index (χ1) is 10.0. The summed E-state index contributed by atoms with van der Waals surface area (Å²) >= 11 is 0. The van der Waals surface area contributed by atoms with Gasteiger partial charge in [-0.1, -0.05) is 18.2 Å². The van der Waals surface area contributed by atoms with Gasteiger partial charge in [-0.3, -0.25) is 0 Å². The first-order valence-electron chi connectivity index (χ1n) is 6.59. The van der Waals surface area contributed by atoms with Crippen molar-refractivity contribution < 1.29 is 35.8 Å². The smallest absolute Gasteiger partial charge is 0.423 e. The van der Waals surface area contributed by atoms with Crippen molar-refractivity contribution in [3.8, 4) is 5.75 Å². The Bertz CT molecular complexity index is 511. The Balaban J connectivity index is 2.27. The number of aryl methyl sites for hydroxylation is 1. The highest BCUT2D eigenvalue weighted by molar-refractivity contribution is 5.34. The molecule has 0 fully saturated rings. The second kappa shape index (κ2) is 5.64. The lowest BCUT2D eigenvalue weighted by molar-refractivity contribution is -0.366. The molecule has 1 unspecified atom stereocenters. The number of fused-ring (bicyclic) bond motifs is 1. The van der Waals surface area contributed by atoms with Crippen molar-refractivity contribution in [2.45, 2.75) is 50.4 Å². The summed E-state index contributed by atoms with van der Waals surface area (Å²) in [5.74, 6) is -1.76. The fourth-order valence-corrected chi connectivity index (χ4v) is 2.35. The highest BCUT2D eigenvalue weighted by Crippen LogP contribution is 2.41. The van der Waals surface area contributed by atoms with Crippen molar-refractivity contribution >= 4 is 0 Å². The maximum absolute atomic E-state index is 12.6. The van der Waals surface area contributed by atoms with Gasteiger partial charge in [0.05, 0.1) is 0 Å². The Morgan fingerprint density at radius 2 is 1.68 bits per heavy atom. The minimum atomic E-state index is -5.56. The second-order valence-electron chi connectivity index (χ2n) is 5.28. The molecule has 2 rings (SSSR count). The van der Waals surface area contributed by atoms with Gasteiger partial charge in [0.25, 0.3) is 6.10 Å². The molecule has 0 amide bonds. The molecule has 1 aliphatic rings. The monoisotopic (exact) mass is 328 g/mol. The molecule has 0 spiro atoms. The number of alkyl halides is 6. The van der Waals surface area contributed by atoms with E-state index in [2.05, 4.69) is 4.74 Å². The van der Waals surface area contributed by atoms with Crippen molar-refractivity contribution in [2.75, 3.05) is 0 Å². The van der Waals surface area contributed by atoms with E-state index in [0.29, 0.717) is 12.8 Å². The Morgan fingerprint density at radius 1 is 1.09 bits per heavy atom. The van der Waals surface area contributed by atoms with Gasteiger partial charge in [0.15, 0.2) is 0 Å². The number of rotatable bonds is 2. The van der Waals surface area contributed by atoms with Crippen LogP contribution >= 0.6 is 0 Å². The standard InChI is InChI=1S/C14H14F6O2/c1-12(22-11(13(15,16)17)14(18,19)20)8-4-6-9-5-2-3-7-10(9)21-12/h2-3,5,7,11H,4,6,8H2,1H3. The Morgan fingerprint density at radius 3 is 2.27 bits per heavy atom. The van der Waals surface area contributed by atoms with Crippen LogP contribution in [0.4, 0.5) is 26.3 Å². The van der Waals surface area contributed by atoms with Gasteiger partial charge < -0.3 is 9.47 Å². The van der Waals surface area contributed by atoms with E-state index in [1.54, 1.807) is 18.2 Å². The lowest BCUT2D eigenvalue weighted by atomic mass is 10.1. The second-order valence-corrected chi connectivity index (χ2v) is 5.28. The number of hydrogen-bond donors (Lipinski definition) is 0. The fourth-order valence-electron chi connectivity index (χ4n) is 2.35. The number of hydrogen-bond acceptors (Lipinski definition) is 2. The highest BCUT2D eigenvalue weighted by Gasteiger charge is 2.60. The molecule has 1 aliphatic heterocycles. The summed E-state index contributed by atoms with van der Waals surface area (Å²) in [6.45, 7) is 1.10. The summed E-state index contributed by atoms with van der Waals surface area (Å²) in [5, 5.41) is 0. The zero-order valence-electron chi connectivity index (χ0n) is 11.6. The average Bonchev–Trinajstić information content (AvgIpc) is 2.52. The van der Waals surface area contributed by atoms with Gasteiger partial charge in [-0.15, -0.1) is 0 Å². The van der Waals surface area contributed by atoms with Crippen LogP contribution in [-0.2, 0) is 11.2 Å². The van der Waals surface area contributed by atoms with Gasteiger partial charge in [0.1, 0.15) is 5.75 Å². The quantitative estimate of drug-likeness (QED) is 0.737. The van der Waals surface area contributed by atoms with Gasteiger partial charge in [-0.05, 0) is 24.5 Å². The number of ether oxygens (including phenoxy) is 2. The van der Waals surface area contributed by atoms with E-state index in [-0.39, 0.29) is 12.2 Å². The number of benzene rings is 1. The third-order valence-corrected chi connectivity index (χ3v) is 3.34. The molecular weight excluding hydrogens is 314 g/mol. The van der Waals surface area contributed by atoms with Gasteiger partial charge in [-0.25, -0.2) is 0 Å². The predicted octanol–water partition coefficient (Wildman–Crippen LogP) is 4.63. The molecule has 1 heterocycles. The molecule has 1 aromatic carbocycles. The summed E-state index contributed by atoms with van der Waals surface area (Å²) in [7, 11) is 0. The molecular formula is C14H14F6O2. The molecule has 0 N–H and O–H groups in total. The fraction of sp³-hybridized carbons (Fsp3) is 0.571. The van der Waals surface area contributed by atoms with Crippen LogP contribution in [0.3, 0.4) is 0 Å². The lowest BCUT2D eigenvalue weighted by Gasteiger charge is -2.35. The minimum Gasteiger partial charge on any atom is -0.462 e. The normalized spacial score (nSPS) is 22.9. The van der Waals surface area contributed by atoms with Gasteiger partial charge in [0.2, 0.25) is 5.79 Å². The molecule has 8 heteroatoms. The zero-order chi connectivity index (χ0) is 16.6. The predicted molar refractivity (Wildman–Crippen MR) is 65.4 cm³/mol. The van der Waals surface area contributed by atoms with E-state index in [1.165, 1.54) is 6.07 Å². The molecule has 0 radical (unpaired) electrons. The van der Waals surface area contributed by atoms with Crippen molar-refractivity contribution in [3.05, 3.63) is 29.8 Å². The van der Waals surface area contributed by atoms with Crippen LogP contribution < -0.4 is 4.74 Å². The third-order valence-electron chi connectivity index (χ3n) is 3.34. The lowest BCUT2D eigenvalue weighted by Crippen LogP contribution is -2.51. The first kappa shape index (κ1) is 16.9. The Labute approximate surface area is 123 Å². The summed E-state index contributed by atoms with van der Waals surface area (Å²) in [4.78, 5) is 0. The van der Waals surface area contributed by atoms with Crippen molar-refractivity contribution in [3.63, 3.8) is 0 Å². The van der Waals surface area contributed by atoms with Crippen LogP contribution in [0.1, 0.15) is 25.3 Å². The highest BCUT2D eigenvalue weighted by atomic mass is 19.4. The minimum absolute atomic E-state index is 0.0790. The first-order valence-corrected chi connectivity index (χ1v) is 6.59. The third kappa shape index (κ3) is 3.85. The molecule has 0 saturated carbocycles. The summed E-state index contributed by atoms with van der Waals surface area (Å²) < 4.78 is 85.5. The van der Waals surface area contributed by atoms with E-state index in [0.717, 1.165) is 12.5 Å². The van der Waals surface area contributed by atoms with Crippen LogP contribution in [0.5, 0.6) is 5.75 Å². The van der Waals surface area contributed by atoms with Gasteiger partial charge in [0, 0.05) is 13.3 Å². The number of para-hydroxylation sites is 1. The van der Waals surface area contributed by atoms with Crippen molar-refractivity contribution in [2.24, 2.45) is 0 Å². The van der Waals surface area contributed by atoms with E-state index in [1.807, 2.05) is 0 Å². The number of halogens is 6. The van der Waals surface area contributed by atoms with E-state index in [4.69, 9.17) is 4.74 Å². The summed E-state index contributed by atoms with van der Waals surface area (Å²) in [5.41, 5.74) is 0.727. The van der Waals surface area contributed by atoms with Gasteiger partial charge >= 0.3 is 12.4 Å². The molecule has 0 bridgehead atoms. The molecule has 22 heavy (non-hydrogen) atoms. The van der Waals surface area contributed by atoms with Crippen LogP contribution in [0.25, 0.3) is 0 Å². The molecule has 124 valence electrons. The van der Waals surface area contributed by atoms with Crippen molar-refractivity contribution in [1.29, 1.82) is 0 Å². The molecule has 0 saturated heterocycles. The Kier molecular flexibility index (Phi) is 4.34. The maximum Gasteiger partial charge on any atom is 0.423 e.